The average molecular weight is 507 g/mol. The van der Waals surface area contributed by atoms with E-state index in [4.69, 9.17) is 4.42 Å². The summed E-state index contributed by atoms with van der Waals surface area (Å²) in [6, 6.07) is 11.7. The van der Waals surface area contributed by atoms with Gasteiger partial charge in [-0.2, -0.15) is 0 Å². The first-order valence-corrected chi connectivity index (χ1v) is 10.1. The summed E-state index contributed by atoms with van der Waals surface area (Å²) in [5.41, 5.74) is -1.25. The van der Waals surface area contributed by atoms with Crippen LogP contribution in [0.4, 0.5) is 0 Å². The highest BCUT2D eigenvalue weighted by atomic mass is 127. The summed E-state index contributed by atoms with van der Waals surface area (Å²) in [6.45, 7) is 4.40. The van der Waals surface area contributed by atoms with Gasteiger partial charge >= 0.3 is 0 Å². The highest BCUT2D eigenvalue weighted by molar-refractivity contribution is 14.0. The van der Waals surface area contributed by atoms with Gasteiger partial charge in [-0.3, -0.25) is 0 Å². The fraction of sp³-hybridized carbons (Fsp3) is 0.389. The van der Waals surface area contributed by atoms with E-state index in [1.165, 1.54) is 6.26 Å². The molecule has 0 bridgehead atoms. The van der Waals surface area contributed by atoms with Gasteiger partial charge in [-0.1, -0.05) is 18.2 Å². The second-order valence-electron chi connectivity index (χ2n) is 6.01. The molecule has 3 N–H and O–H groups in total. The monoisotopic (exact) mass is 507 g/mol. The molecule has 150 valence electrons. The second-order valence-corrected chi connectivity index (χ2v) is 8.11. The smallest absolute Gasteiger partial charge is 0.191 e. The molecule has 0 amide bonds. The number of halogens is 1. The summed E-state index contributed by atoms with van der Waals surface area (Å²) in [5, 5.41) is 16.5. The number of furan rings is 1. The van der Waals surface area contributed by atoms with Gasteiger partial charge in [0.05, 0.1) is 23.5 Å². The van der Waals surface area contributed by atoms with Gasteiger partial charge in [0.2, 0.25) is 0 Å². The Bertz CT molecular complexity index is 806. The summed E-state index contributed by atoms with van der Waals surface area (Å²) in [7, 11) is -3.36. The number of aliphatic imine (C=N–C) groups is 1. The van der Waals surface area contributed by atoms with Gasteiger partial charge in [0, 0.05) is 13.1 Å². The van der Waals surface area contributed by atoms with Crippen LogP contribution in [0.2, 0.25) is 0 Å². The molecule has 0 spiro atoms. The Balaban J connectivity index is 0.00000364. The molecular formula is C18H26IN3O4S. The number of nitrogens with zero attached hydrogens (tertiary/aromatic N) is 1. The van der Waals surface area contributed by atoms with Gasteiger partial charge in [0.25, 0.3) is 0 Å². The molecule has 1 aromatic heterocycles. The molecule has 0 saturated heterocycles. The lowest BCUT2D eigenvalue weighted by atomic mass is 10.0. The number of nitrogens with one attached hydrogen (secondary N) is 2. The van der Waals surface area contributed by atoms with E-state index < -0.39 is 15.4 Å². The number of guanidine groups is 1. The molecule has 2 aromatic rings. The molecule has 27 heavy (non-hydrogen) atoms. The second kappa shape index (κ2) is 10.7. The number of benzene rings is 1. The lowest BCUT2D eigenvalue weighted by molar-refractivity contribution is 0.0437. The van der Waals surface area contributed by atoms with Gasteiger partial charge in [0.1, 0.15) is 11.4 Å². The molecule has 7 nitrogen and oxygen atoms in total. The van der Waals surface area contributed by atoms with Gasteiger partial charge in [0.15, 0.2) is 15.8 Å². The van der Waals surface area contributed by atoms with E-state index in [1.807, 2.05) is 6.92 Å². The fourth-order valence-corrected chi connectivity index (χ4v) is 3.47. The molecule has 1 heterocycles. The molecule has 1 atom stereocenters. The van der Waals surface area contributed by atoms with Crippen LogP contribution in [-0.2, 0) is 15.4 Å². The van der Waals surface area contributed by atoms with E-state index in [1.54, 1.807) is 49.4 Å². The third kappa shape index (κ3) is 7.15. The largest absolute Gasteiger partial charge is 0.466 e. The Morgan fingerprint density at radius 3 is 2.48 bits per heavy atom. The number of rotatable bonds is 8. The normalized spacial score (nSPS) is 14.1. The van der Waals surface area contributed by atoms with Crippen molar-refractivity contribution >= 4 is 39.8 Å². The van der Waals surface area contributed by atoms with E-state index in [0.29, 0.717) is 23.2 Å². The Kier molecular flexibility index (Phi) is 9.27. The Morgan fingerprint density at radius 2 is 1.89 bits per heavy atom. The molecule has 9 heteroatoms. The third-order valence-corrected chi connectivity index (χ3v) is 5.44. The van der Waals surface area contributed by atoms with Crippen molar-refractivity contribution < 1.29 is 17.9 Å². The molecule has 1 aromatic carbocycles. The van der Waals surface area contributed by atoms with Gasteiger partial charge in [-0.05, 0) is 38.1 Å². The maximum absolute atomic E-state index is 12.3. The predicted octanol–water partition coefficient (Wildman–Crippen LogP) is 2.13. The van der Waals surface area contributed by atoms with Crippen LogP contribution in [0.1, 0.15) is 19.6 Å². The van der Waals surface area contributed by atoms with Crippen LogP contribution in [-0.4, -0.2) is 44.9 Å². The van der Waals surface area contributed by atoms with Crippen LogP contribution in [0.25, 0.3) is 0 Å². The molecule has 0 radical (unpaired) electrons. The lowest BCUT2D eigenvalue weighted by Gasteiger charge is -2.19. The number of hydrogen-bond donors (Lipinski definition) is 3. The maximum atomic E-state index is 12.3. The molecule has 0 saturated carbocycles. The zero-order valence-corrected chi connectivity index (χ0v) is 18.5. The average Bonchev–Trinajstić information content (AvgIpc) is 3.16. The molecule has 2 rings (SSSR count). The topological polar surface area (TPSA) is 104 Å². The van der Waals surface area contributed by atoms with Crippen molar-refractivity contribution in [2.75, 3.05) is 25.4 Å². The van der Waals surface area contributed by atoms with Crippen LogP contribution < -0.4 is 10.6 Å². The van der Waals surface area contributed by atoms with E-state index in [0.717, 1.165) is 0 Å². The van der Waals surface area contributed by atoms with E-state index in [2.05, 4.69) is 15.6 Å². The first-order chi connectivity index (χ1) is 12.3. The Hall–Kier alpha value is -1.59. The van der Waals surface area contributed by atoms with Crippen molar-refractivity contribution in [1.29, 1.82) is 0 Å². The van der Waals surface area contributed by atoms with Crippen molar-refractivity contribution in [3.63, 3.8) is 0 Å². The minimum absolute atomic E-state index is 0. The Labute approximate surface area is 177 Å². The highest BCUT2D eigenvalue weighted by Gasteiger charge is 2.26. The van der Waals surface area contributed by atoms with Crippen LogP contribution in [0.3, 0.4) is 0 Å². The Morgan fingerprint density at radius 1 is 1.19 bits per heavy atom. The lowest BCUT2D eigenvalue weighted by Crippen LogP contribution is -2.40. The molecular weight excluding hydrogens is 481 g/mol. The van der Waals surface area contributed by atoms with Crippen LogP contribution in [0.15, 0.2) is 63.0 Å². The standard InChI is InChI=1S/C18H25N3O4S.HI/c1-3-19-17(21-14-18(2,22)16-10-7-12-25-16)20-11-13-26(23,24)15-8-5-4-6-9-15;/h4-10,12,22H,3,11,13-14H2,1-2H3,(H2,19,20,21);1H. The van der Waals surface area contributed by atoms with Crippen molar-refractivity contribution in [3.05, 3.63) is 54.5 Å². The summed E-state index contributed by atoms with van der Waals surface area (Å²) in [4.78, 5) is 4.62. The van der Waals surface area contributed by atoms with E-state index in [-0.39, 0.29) is 42.8 Å². The molecule has 1 unspecified atom stereocenters. The summed E-state index contributed by atoms with van der Waals surface area (Å²) in [6.07, 6.45) is 1.49. The minimum atomic E-state index is -3.36. The highest BCUT2D eigenvalue weighted by Crippen LogP contribution is 2.21. The summed E-state index contributed by atoms with van der Waals surface area (Å²) < 4.78 is 29.8. The van der Waals surface area contributed by atoms with Crippen molar-refractivity contribution in [1.82, 2.24) is 10.6 Å². The van der Waals surface area contributed by atoms with Gasteiger partial charge < -0.3 is 20.2 Å². The number of sulfone groups is 1. The molecule has 0 aliphatic rings. The number of aliphatic hydroxyl groups is 1. The van der Waals surface area contributed by atoms with Gasteiger partial charge in [-0.25, -0.2) is 13.4 Å². The van der Waals surface area contributed by atoms with Gasteiger partial charge in [-0.15, -0.1) is 24.0 Å². The fourth-order valence-electron chi connectivity index (χ4n) is 2.29. The van der Waals surface area contributed by atoms with E-state index >= 15 is 0 Å². The van der Waals surface area contributed by atoms with Crippen LogP contribution in [0, 0.1) is 0 Å². The molecule has 0 fully saturated rings. The maximum Gasteiger partial charge on any atom is 0.191 e. The number of hydrogen-bond acceptors (Lipinski definition) is 5. The summed E-state index contributed by atoms with van der Waals surface area (Å²) >= 11 is 0. The summed E-state index contributed by atoms with van der Waals surface area (Å²) in [5.74, 6) is 0.794. The van der Waals surface area contributed by atoms with Crippen molar-refractivity contribution in [2.24, 2.45) is 4.99 Å². The van der Waals surface area contributed by atoms with Crippen molar-refractivity contribution in [3.8, 4) is 0 Å². The minimum Gasteiger partial charge on any atom is -0.466 e. The van der Waals surface area contributed by atoms with Crippen LogP contribution in [0.5, 0.6) is 0 Å². The first-order valence-electron chi connectivity index (χ1n) is 8.41. The van der Waals surface area contributed by atoms with Crippen molar-refractivity contribution in [2.45, 2.75) is 24.3 Å². The predicted molar refractivity (Wildman–Crippen MR) is 116 cm³/mol. The van der Waals surface area contributed by atoms with E-state index in [9.17, 15) is 13.5 Å². The zero-order chi connectivity index (χ0) is 19.0. The molecule has 0 aliphatic carbocycles. The van der Waals surface area contributed by atoms with Crippen LogP contribution >= 0.6 is 24.0 Å². The zero-order valence-electron chi connectivity index (χ0n) is 15.4. The first kappa shape index (κ1) is 23.4. The quantitative estimate of drug-likeness (QED) is 0.288. The molecule has 0 aliphatic heterocycles. The third-order valence-electron chi connectivity index (χ3n) is 3.71. The SMILES string of the molecule is CCNC(=NCC(C)(O)c1ccco1)NCCS(=O)(=O)c1ccccc1.I.